The van der Waals surface area contributed by atoms with Gasteiger partial charge in [-0.3, -0.25) is 19.2 Å². The minimum Gasteiger partial charge on any atom is -0.480 e. The summed E-state index contributed by atoms with van der Waals surface area (Å²) in [5, 5.41) is 28.8. The Labute approximate surface area is 279 Å². The number of carbonyl (C=O) groups excluding carboxylic acids is 4. The van der Waals surface area contributed by atoms with Crippen molar-refractivity contribution in [3.63, 3.8) is 0 Å². The van der Waals surface area contributed by atoms with Gasteiger partial charge in [-0.05, 0) is 65.2 Å². The fraction of sp³-hybridized carbons (Fsp3) is 0.676. The number of hydrogen-bond acceptors (Lipinski definition) is 7. The average Bonchev–Trinajstić information content (AvgIpc) is 2.97. The topological polar surface area (TPSA) is 174 Å². The van der Waals surface area contributed by atoms with Crippen LogP contribution in [0.2, 0.25) is 0 Å². The third kappa shape index (κ3) is 18.1. The van der Waals surface area contributed by atoms with E-state index in [4.69, 9.17) is 0 Å². The van der Waals surface area contributed by atoms with Gasteiger partial charge in [-0.25, -0.2) is 4.79 Å². The first-order valence-electron chi connectivity index (χ1n) is 16.1. The lowest BCUT2D eigenvalue weighted by Gasteiger charge is -2.29. The van der Waals surface area contributed by atoms with Crippen LogP contribution in [0.4, 0.5) is 0 Å². The fourth-order valence-corrected chi connectivity index (χ4v) is 5.34. The lowest BCUT2D eigenvalue weighted by atomic mass is 9.96. The molecular weight excluding hydrogens is 608 g/mol. The van der Waals surface area contributed by atoms with Crippen LogP contribution in [-0.2, 0) is 24.0 Å². The largest absolute Gasteiger partial charge is 0.480 e. The van der Waals surface area contributed by atoms with Crippen LogP contribution in [0.1, 0.15) is 94.4 Å². The molecule has 5 atom stereocenters. The molecule has 12 heteroatoms. The summed E-state index contributed by atoms with van der Waals surface area (Å²) < 4.78 is 0. The maximum atomic E-state index is 13.4. The Morgan fingerprint density at radius 3 is 1.76 bits per heavy atom. The molecule has 46 heavy (non-hydrogen) atoms. The summed E-state index contributed by atoms with van der Waals surface area (Å²) in [6.07, 6.45) is 11.2. The van der Waals surface area contributed by atoms with Gasteiger partial charge in [-0.1, -0.05) is 69.1 Å². The predicted octanol–water partition coefficient (Wildman–Crippen LogP) is 3.88. The highest BCUT2D eigenvalue weighted by atomic mass is 32.2. The van der Waals surface area contributed by atoms with Crippen molar-refractivity contribution in [3.05, 3.63) is 34.9 Å². The second-order valence-electron chi connectivity index (χ2n) is 12.4. The van der Waals surface area contributed by atoms with E-state index in [1.165, 1.54) is 35.4 Å². The Kier molecular flexibility index (Phi) is 21.7. The van der Waals surface area contributed by atoms with E-state index in [1.54, 1.807) is 20.8 Å². The van der Waals surface area contributed by atoms with Gasteiger partial charge in [-0.15, -0.1) is 0 Å². The molecule has 0 aliphatic heterocycles. The molecule has 0 saturated heterocycles. The van der Waals surface area contributed by atoms with Crippen LogP contribution in [0.15, 0.2) is 34.9 Å². The van der Waals surface area contributed by atoms with Gasteiger partial charge in [0, 0.05) is 18.4 Å². The molecule has 6 N–H and O–H groups in total. The molecule has 0 heterocycles. The average molecular weight is 667 g/mol. The van der Waals surface area contributed by atoms with Crippen molar-refractivity contribution >= 4 is 41.4 Å². The van der Waals surface area contributed by atoms with Gasteiger partial charge in [0.15, 0.2) is 0 Å². The molecular formula is C34H58N4O7S. The van der Waals surface area contributed by atoms with Crippen molar-refractivity contribution in [1.82, 2.24) is 21.3 Å². The van der Waals surface area contributed by atoms with Gasteiger partial charge in [0.05, 0.1) is 6.61 Å². The molecule has 262 valence electrons. The van der Waals surface area contributed by atoms with Crippen LogP contribution in [0.5, 0.6) is 0 Å². The predicted molar refractivity (Wildman–Crippen MR) is 185 cm³/mol. The third-order valence-electron chi connectivity index (χ3n) is 7.49. The van der Waals surface area contributed by atoms with Crippen molar-refractivity contribution in [2.45, 2.75) is 119 Å². The zero-order valence-corrected chi connectivity index (χ0v) is 30.0. The van der Waals surface area contributed by atoms with Crippen LogP contribution >= 0.6 is 11.8 Å². The third-order valence-corrected chi connectivity index (χ3v) is 8.46. The Hall–Kier alpha value is -3.12. The number of aliphatic carboxylic acids is 1. The van der Waals surface area contributed by atoms with E-state index in [2.05, 4.69) is 67.2 Å². The number of carboxylic acid groups (broad SMARTS) is 1. The highest BCUT2D eigenvalue weighted by Crippen LogP contribution is 2.14. The smallest absolute Gasteiger partial charge is 0.328 e. The molecule has 0 aliphatic carbocycles. The molecule has 0 saturated carbocycles. The number of carboxylic acids is 1. The Morgan fingerprint density at radius 1 is 0.717 bits per heavy atom. The van der Waals surface area contributed by atoms with E-state index >= 15 is 0 Å². The molecule has 0 unspecified atom stereocenters. The number of aliphatic hydroxyl groups is 1. The summed E-state index contributed by atoms with van der Waals surface area (Å²) in [4.78, 5) is 62.7. The van der Waals surface area contributed by atoms with Crippen molar-refractivity contribution < 1.29 is 34.2 Å². The summed E-state index contributed by atoms with van der Waals surface area (Å²) in [6.45, 7) is 16.0. The number of amides is 4. The van der Waals surface area contributed by atoms with Gasteiger partial charge in [0.2, 0.25) is 23.6 Å². The Balaban J connectivity index is 5.36. The fourth-order valence-electron chi connectivity index (χ4n) is 4.33. The summed E-state index contributed by atoms with van der Waals surface area (Å²) in [5.74, 6) is -3.46. The molecule has 0 spiro atoms. The summed E-state index contributed by atoms with van der Waals surface area (Å²) in [7, 11) is 0. The van der Waals surface area contributed by atoms with Gasteiger partial charge in [-0.2, -0.15) is 11.8 Å². The van der Waals surface area contributed by atoms with E-state index in [0.717, 1.165) is 25.7 Å². The molecule has 0 rings (SSSR count). The standard InChI is InChI=1S/C34H58N4O7S/c1-10-25(8)30(33(43)36-27(19-39)34(44)45)38-32(42)29(22(4)5)37-31(41)28(35-26(9)40)20-46-18-17-24(7)16-12-15-23(6)14-11-13-21(2)3/h13,15,17,22,25,27-30,39H,10-12,14,16,18-20H2,1-9H3,(H,35,40)(H,36,43)(H,37,41)(H,38,42)(H,44,45)/b23-15+,24-17+/t25-,27-,28-,29-,30-/m0/s1. The van der Waals surface area contributed by atoms with Crippen LogP contribution in [0.25, 0.3) is 0 Å². The number of hydrogen-bond donors (Lipinski definition) is 6. The molecule has 0 aromatic carbocycles. The summed E-state index contributed by atoms with van der Waals surface area (Å²) in [5.41, 5.74) is 3.95. The second-order valence-corrected chi connectivity index (χ2v) is 13.5. The molecule has 0 aromatic heterocycles. The van der Waals surface area contributed by atoms with E-state index in [9.17, 15) is 34.2 Å². The van der Waals surface area contributed by atoms with Gasteiger partial charge < -0.3 is 31.5 Å². The quantitative estimate of drug-likeness (QED) is 0.0746. The first-order valence-corrected chi connectivity index (χ1v) is 17.2. The molecule has 0 fully saturated rings. The van der Waals surface area contributed by atoms with E-state index in [0.29, 0.717) is 17.9 Å². The number of aliphatic hydroxyl groups excluding tert-OH is 1. The van der Waals surface area contributed by atoms with Crippen molar-refractivity contribution in [1.29, 1.82) is 0 Å². The highest BCUT2D eigenvalue weighted by molar-refractivity contribution is 7.99. The maximum absolute atomic E-state index is 13.4. The molecule has 0 aromatic rings. The van der Waals surface area contributed by atoms with Crippen LogP contribution in [-0.4, -0.2) is 82.1 Å². The van der Waals surface area contributed by atoms with Crippen LogP contribution in [0.3, 0.4) is 0 Å². The first kappa shape index (κ1) is 42.9. The SMILES string of the molecule is CC[C@H](C)[C@H](NC(=O)[C@@H](NC(=O)[C@H](CSC/C=C(\C)CC/C=C(\C)CCC=C(C)C)NC(C)=O)C(C)C)C(=O)N[C@@H](CO)C(=O)O. The minimum atomic E-state index is -1.52. The summed E-state index contributed by atoms with van der Waals surface area (Å²) >= 11 is 1.49. The number of carbonyl (C=O) groups is 5. The first-order chi connectivity index (χ1) is 21.5. The van der Waals surface area contributed by atoms with E-state index in [1.807, 2.05) is 6.92 Å². The number of allylic oxidation sites excluding steroid dienone is 5. The normalized spacial score (nSPS) is 15.2. The van der Waals surface area contributed by atoms with Crippen molar-refractivity contribution in [3.8, 4) is 0 Å². The lowest BCUT2D eigenvalue weighted by molar-refractivity contribution is -0.143. The lowest BCUT2D eigenvalue weighted by Crippen LogP contribution is -2.60. The molecule has 0 bridgehead atoms. The van der Waals surface area contributed by atoms with Gasteiger partial charge in [0.1, 0.15) is 24.2 Å². The van der Waals surface area contributed by atoms with Crippen LogP contribution < -0.4 is 21.3 Å². The molecule has 0 radical (unpaired) electrons. The maximum Gasteiger partial charge on any atom is 0.328 e. The Morgan fingerprint density at radius 2 is 1.26 bits per heavy atom. The Bertz CT molecular complexity index is 1100. The van der Waals surface area contributed by atoms with Gasteiger partial charge in [0.25, 0.3) is 0 Å². The number of thioether (sulfide) groups is 1. The van der Waals surface area contributed by atoms with Gasteiger partial charge >= 0.3 is 5.97 Å². The zero-order valence-electron chi connectivity index (χ0n) is 29.2. The second kappa shape index (κ2) is 23.2. The van der Waals surface area contributed by atoms with Crippen LogP contribution in [0, 0.1) is 11.8 Å². The monoisotopic (exact) mass is 666 g/mol. The van der Waals surface area contributed by atoms with E-state index < -0.39 is 54.5 Å². The van der Waals surface area contributed by atoms with Crippen molar-refractivity contribution in [2.24, 2.45) is 11.8 Å². The molecule has 11 nitrogen and oxygen atoms in total. The summed E-state index contributed by atoms with van der Waals surface area (Å²) in [6, 6.07) is -4.52. The number of nitrogens with one attached hydrogen (secondary N) is 4. The zero-order chi connectivity index (χ0) is 35.4. The highest BCUT2D eigenvalue weighted by Gasteiger charge is 2.34. The minimum absolute atomic E-state index is 0.292. The molecule has 4 amide bonds. The molecule has 0 aliphatic rings. The van der Waals surface area contributed by atoms with E-state index in [-0.39, 0.29) is 17.7 Å². The number of rotatable bonds is 22. The van der Waals surface area contributed by atoms with Crippen molar-refractivity contribution in [2.75, 3.05) is 18.1 Å².